The number of fused-ring (bicyclic) bond motifs is 1. The Bertz CT molecular complexity index is 545. The summed E-state index contributed by atoms with van der Waals surface area (Å²) in [6.45, 7) is 4.62. The number of ether oxygens (including phenoxy) is 1. The van der Waals surface area contributed by atoms with Gasteiger partial charge in [-0.05, 0) is 43.7 Å². The Balaban J connectivity index is 1.89. The molecule has 17 heavy (non-hydrogen) atoms. The van der Waals surface area contributed by atoms with Gasteiger partial charge in [-0.25, -0.2) is 0 Å². The quantitative estimate of drug-likeness (QED) is 0.813. The van der Waals surface area contributed by atoms with E-state index in [1.54, 1.807) is 0 Å². The first kappa shape index (κ1) is 10.3. The topological polar surface area (TPSA) is 34.4 Å². The SMILES string of the molecule is Cc1ccc2c(c1)NC(c1ccc(C)o1)CO2. The third kappa shape index (κ3) is 1.88. The van der Waals surface area contributed by atoms with E-state index >= 15 is 0 Å². The minimum absolute atomic E-state index is 0.0954. The zero-order chi connectivity index (χ0) is 11.8. The predicted molar refractivity (Wildman–Crippen MR) is 66.5 cm³/mol. The number of anilines is 1. The highest BCUT2D eigenvalue weighted by Crippen LogP contribution is 2.34. The molecule has 2 aromatic rings. The molecule has 1 N–H and O–H groups in total. The summed E-state index contributed by atoms with van der Waals surface area (Å²) in [7, 11) is 0. The van der Waals surface area contributed by atoms with Crippen molar-refractivity contribution in [2.24, 2.45) is 0 Å². The van der Waals surface area contributed by atoms with Gasteiger partial charge in [0.2, 0.25) is 0 Å². The summed E-state index contributed by atoms with van der Waals surface area (Å²) < 4.78 is 11.4. The third-order valence-corrected chi connectivity index (χ3v) is 2.97. The van der Waals surface area contributed by atoms with Crippen LogP contribution in [0.2, 0.25) is 0 Å². The van der Waals surface area contributed by atoms with Crippen molar-refractivity contribution in [3.63, 3.8) is 0 Å². The zero-order valence-electron chi connectivity index (χ0n) is 9.99. The standard InChI is InChI=1S/C14H15NO2/c1-9-3-5-13-11(7-9)15-12(8-16-13)14-6-4-10(2)17-14/h3-7,12,15H,8H2,1-2H3. The molecule has 1 aliphatic rings. The first-order chi connectivity index (χ1) is 8.22. The largest absolute Gasteiger partial charge is 0.489 e. The normalized spacial score (nSPS) is 18.1. The monoisotopic (exact) mass is 229 g/mol. The molecule has 1 aliphatic heterocycles. The van der Waals surface area contributed by atoms with Crippen LogP contribution in [-0.4, -0.2) is 6.61 Å². The van der Waals surface area contributed by atoms with Crippen molar-refractivity contribution in [3.05, 3.63) is 47.4 Å². The first-order valence-electron chi connectivity index (χ1n) is 5.79. The molecule has 2 heterocycles. The zero-order valence-corrected chi connectivity index (χ0v) is 9.99. The maximum absolute atomic E-state index is 5.73. The fourth-order valence-electron chi connectivity index (χ4n) is 2.08. The van der Waals surface area contributed by atoms with E-state index in [1.165, 1.54) is 5.56 Å². The van der Waals surface area contributed by atoms with Crippen molar-refractivity contribution in [2.75, 3.05) is 11.9 Å². The summed E-state index contributed by atoms with van der Waals surface area (Å²) in [4.78, 5) is 0. The van der Waals surface area contributed by atoms with Crippen LogP contribution in [0.3, 0.4) is 0 Å². The molecule has 1 aromatic carbocycles. The van der Waals surface area contributed by atoms with E-state index in [-0.39, 0.29) is 6.04 Å². The van der Waals surface area contributed by atoms with Crippen LogP contribution in [0.4, 0.5) is 5.69 Å². The van der Waals surface area contributed by atoms with E-state index < -0.39 is 0 Å². The van der Waals surface area contributed by atoms with Crippen molar-refractivity contribution in [3.8, 4) is 5.75 Å². The number of benzene rings is 1. The molecule has 1 aromatic heterocycles. The van der Waals surface area contributed by atoms with Gasteiger partial charge in [0.25, 0.3) is 0 Å². The lowest BCUT2D eigenvalue weighted by Gasteiger charge is -2.26. The molecular formula is C14H15NO2. The maximum atomic E-state index is 5.73. The summed E-state index contributed by atoms with van der Waals surface area (Å²) >= 11 is 0. The van der Waals surface area contributed by atoms with E-state index in [2.05, 4.69) is 24.4 Å². The summed E-state index contributed by atoms with van der Waals surface area (Å²) in [6.07, 6.45) is 0. The van der Waals surface area contributed by atoms with Crippen molar-refractivity contribution >= 4 is 5.69 Å². The van der Waals surface area contributed by atoms with Gasteiger partial charge in [-0.2, -0.15) is 0 Å². The fraction of sp³-hybridized carbons (Fsp3) is 0.286. The minimum atomic E-state index is 0.0954. The second kappa shape index (κ2) is 3.84. The number of hydrogen-bond donors (Lipinski definition) is 1. The summed E-state index contributed by atoms with van der Waals surface area (Å²) in [5.41, 5.74) is 2.26. The Kier molecular flexibility index (Phi) is 2.32. The van der Waals surface area contributed by atoms with Crippen molar-refractivity contribution in [1.29, 1.82) is 0 Å². The van der Waals surface area contributed by atoms with E-state index in [0.717, 1.165) is 23.0 Å². The molecule has 0 bridgehead atoms. The van der Waals surface area contributed by atoms with Crippen molar-refractivity contribution in [1.82, 2.24) is 0 Å². The van der Waals surface area contributed by atoms with Gasteiger partial charge in [0, 0.05) is 0 Å². The van der Waals surface area contributed by atoms with E-state index in [4.69, 9.17) is 9.15 Å². The Morgan fingerprint density at radius 3 is 2.82 bits per heavy atom. The molecule has 3 heteroatoms. The molecule has 0 aliphatic carbocycles. The highest BCUT2D eigenvalue weighted by molar-refractivity contribution is 5.60. The summed E-state index contributed by atoms with van der Waals surface area (Å²) in [6, 6.07) is 10.2. The van der Waals surface area contributed by atoms with Gasteiger partial charge in [-0.1, -0.05) is 6.07 Å². The average molecular weight is 229 g/mol. The van der Waals surface area contributed by atoms with E-state index in [9.17, 15) is 0 Å². The molecule has 88 valence electrons. The van der Waals surface area contributed by atoms with Crippen molar-refractivity contribution in [2.45, 2.75) is 19.9 Å². The third-order valence-electron chi connectivity index (χ3n) is 2.97. The smallest absolute Gasteiger partial charge is 0.142 e. The lowest BCUT2D eigenvalue weighted by atomic mass is 10.1. The molecule has 3 rings (SSSR count). The van der Waals surface area contributed by atoms with Crippen LogP contribution in [0.5, 0.6) is 5.75 Å². The van der Waals surface area contributed by atoms with Crippen LogP contribution >= 0.6 is 0 Å². The first-order valence-corrected chi connectivity index (χ1v) is 5.79. The molecule has 1 unspecified atom stereocenters. The van der Waals surface area contributed by atoms with Gasteiger partial charge in [-0.3, -0.25) is 0 Å². The molecule has 3 nitrogen and oxygen atoms in total. The molecule has 0 fully saturated rings. The van der Waals surface area contributed by atoms with E-state index in [1.807, 2.05) is 25.1 Å². The minimum Gasteiger partial charge on any atom is -0.489 e. The summed E-state index contributed by atoms with van der Waals surface area (Å²) in [5, 5.41) is 3.45. The average Bonchev–Trinajstić information content (AvgIpc) is 2.75. The van der Waals surface area contributed by atoms with Gasteiger partial charge >= 0.3 is 0 Å². The van der Waals surface area contributed by atoms with Crippen LogP contribution in [0.1, 0.15) is 23.1 Å². The molecule has 1 atom stereocenters. The number of hydrogen-bond acceptors (Lipinski definition) is 3. The highest BCUT2D eigenvalue weighted by Gasteiger charge is 2.22. The Hall–Kier alpha value is -1.90. The van der Waals surface area contributed by atoms with Gasteiger partial charge < -0.3 is 14.5 Å². The molecular weight excluding hydrogens is 214 g/mol. The second-order valence-electron chi connectivity index (χ2n) is 4.46. The number of nitrogens with one attached hydrogen (secondary N) is 1. The fourth-order valence-corrected chi connectivity index (χ4v) is 2.08. The van der Waals surface area contributed by atoms with Crippen LogP contribution < -0.4 is 10.1 Å². The van der Waals surface area contributed by atoms with Gasteiger partial charge in [0.05, 0.1) is 5.69 Å². The molecule has 0 spiro atoms. The predicted octanol–water partition coefficient (Wildman–Crippen LogP) is 3.44. The maximum Gasteiger partial charge on any atom is 0.142 e. The lowest BCUT2D eigenvalue weighted by Crippen LogP contribution is -2.23. The van der Waals surface area contributed by atoms with Crippen molar-refractivity contribution < 1.29 is 9.15 Å². The van der Waals surface area contributed by atoms with Gasteiger partial charge in [-0.15, -0.1) is 0 Å². The molecule has 0 saturated heterocycles. The van der Waals surface area contributed by atoms with E-state index in [0.29, 0.717) is 6.61 Å². The Labute approximate surface area is 100 Å². The van der Waals surface area contributed by atoms with Crippen LogP contribution in [-0.2, 0) is 0 Å². The Morgan fingerprint density at radius 2 is 2.06 bits per heavy atom. The van der Waals surface area contributed by atoms with Crippen LogP contribution in [0.15, 0.2) is 34.7 Å². The second-order valence-corrected chi connectivity index (χ2v) is 4.46. The van der Waals surface area contributed by atoms with Gasteiger partial charge in [0.1, 0.15) is 29.9 Å². The van der Waals surface area contributed by atoms with Crippen LogP contribution in [0, 0.1) is 13.8 Å². The summed E-state index contributed by atoms with van der Waals surface area (Å²) in [5.74, 6) is 2.77. The molecule has 0 amide bonds. The molecule has 0 saturated carbocycles. The molecule has 0 radical (unpaired) electrons. The lowest BCUT2D eigenvalue weighted by molar-refractivity contribution is 0.268. The van der Waals surface area contributed by atoms with Crippen LogP contribution in [0.25, 0.3) is 0 Å². The Morgan fingerprint density at radius 1 is 1.18 bits per heavy atom. The van der Waals surface area contributed by atoms with Gasteiger partial charge in [0.15, 0.2) is 0 Å². The number of aryl methyl sites for hydroxylation is 2. The highest BCUT2D eigenvalue weighted by atomic mass is 16.5. The number of furan rings is 1. The number of rotatable bonds is 1.